The molecule has 1 aliphatic heterocycles. The molecular weight excluding hydrogens is 511 g/mol. The van der Waals surface area contributed by atoms with Crippen LogP contribution in [0.15, 0.2) is 75.7 Å². The zero-order valence-electron chi connectivity index (χ0n) is 16.4. The van der Waals surface area contributed by atoms with Crippen LogP contribution in [0.4, 0.5) is 4.39 Å². The van der Waals surface area contributed by atoms with Crippen molar-refractivity contribution in [3.63, 3.8) is 0 Å². The summed E-state index contributed by atoms with van der Waals surface area (Å²) in [7, 11) is 0. The Kier molecular flexibility index (Phi) is 6.27. The molecule has 0 saturated carbocycles. The van der Waals surface area contributed by atoms with E-state index in [-0.39, 0.29) is 23.8 Å². The molecular formula is C24H22Br2FN2O+. The maximum Gasteiger partial charge on any atom is 0.186 e. The zero-order valence-corrected chi connectivity index (χ0v) is 19.5. The van der Waals surface area contributed by atoms with Gasteiger partial charge in [-0.2, -0.15) is 0 Å². The van der Waals surface area contributed by atoms with Gasteiger partial charge in [0, 0.05) is 21.8 Å². The summed E-state index contributed by atoms with van der Waals surface area (Å²) in [6.45, 7) is 2.14. The number of nitrogens with two attached hydrogens (primary N) is 1. The lowest BCUT2D eigenvalue weighted by Gasteiger charge is -2.30. The second-order valence-corrected chi connectivity index (χ2v) is 9.12. The van der Waals surface area contributed by atoms with E-state index in [0.717, 1.165) is 33.3 Å². The molecule has 154 valence electrons. The summed E-state index contributed by atoms with van der Waals surface area (Å²) in [5.41, 5.74) is 5.10. The van der Waals surface area contributed by atoms with Gasteiger partial charge in [-0.3, -0.25) is 0 Å². The maximum atomic E-state index is 13.8. The summed E-state index contributed by atoms with van der Waals surface area (Å²) in [6, 6.07) is 18.9. The molecule has 2 atom stereocenters. The number of nitrogens with one attached hydrogen (secondary N) is 1. The van der Waals surface area contributed by atoms with Crippen molar-refractivity contribution in [2.45, 2.75) is 25.6 Å². The Morgan fingerprint density at radius 3 is 2.50 bits per heavy atom. The van der Waals surface area contributed by atoms with Crippen LogP contribution < -0.4 is 10.6 Å². The zero-order chi connectivity index (χ0) is 21.3. The lowest BCUT2D eigenvalue weighted by molar-refractivity contribution is -0.731. The number of benzene rings is 3. The Labute approximate surface area is 192 Å². The smallest absolute Gasteiger partial charge is 0.186 e. The second-order valence-electron chi connectivity index (χ2n) is 7.35. The average Bonchev–Trinajstić information content (AvgIpc) is 2.77. The number of phenols is 1. The topological polar surface area (TPSA) is 48.9 Å². The summed E-state index contributed by atoms with van der Waals surface area (Å²) in [5, 5.41) is 16.2. The van der Waals surface area contributed by atoms with Crippen LogP contribution in [0.1, 0.15) is 41.4 Å². The van der Waals surface area contributed by atoms with E-state index in [1.807, 2.05) is 12.1 Å². The van der Waals surface area contributed by atoms with Crippen LogP contribution >= 0.6 is 31.9 Å². The monoisotopic (exact) mass is 531 g/mol. The summed E-state index contributed by atoms with van der Waals surface area (Å²) in [4.78, 5) is 0. The Hall–Kier alpha value is -2.15. The molecule has 0 spiro atoms. The number of hydrogen-bond acceptors (Lipinski definition) is 2. The molecule has 3 nitrogen and oxygen atoms in total. The largest absolute Gasteiger partial charge is 0.507 e. The highest BCUT2D eigenvalue weighted by Gasteiger charge is 2.29. The predicted molar refractivity (Wildman–Crippen MR) is 124 cm³/mol. The fraction of sp³-hybridized carbons (Fsp3) is 0.167. The molecule has 0 amide bonds. The van der Waals surface area contributed by atoms with Crippen molar-refractivity contribution in [3.05, 3.63) is 104 Å². The molecule has 1 heterocycles. The van der Waals surface area contributed by atoms with Crippen molar-refractivity contribution >= 4 is 37.6 Å². The Morgan fingerprint density at radius 1 is 1.03 bits per heavy atom. The lowest BCUT2D eigenvalue weighted by Crippen LogP contribution is -2.89. The first-order chi connectivity index (χ1) is 14.4. The van der Waals surface area contributed by atoms with Gasteiger partial charge in [-0.15, -0.1) is 0 Å². The van der Waals surface area contributed by atoms with Gasteiger partial charge >= 0.3 is 0 Å². The lowest BCUT2D eigenvalue weighted by atomic mass is 9.97. The number of phenolic OH excluding ortho intramolecular Hbond substituents is 1. The highest BCUT2D eigenvalue weighted by molar-refractivity contribution is 9.10. The van der Waals surface area contributed by atoms with Gasteiger partial charge in [-0.1, -0.05) is 47.1 Å². The minimum absolute atomic E-state index is 0.113. The van der Waals surface area contributed by atoms with E-state index in [1.54, 1.807) is 18.2 Å². The van der Waals surface area contributed by atoms with Crippen molar-refractivity contribution in [2.24, 2.45) is 0 Å². The predicted octanol–water partition coefficient (Wildman–Crippen LogP) is 5.57. The van der Waals surface area contributed by atoms with E-state index >= 15 is 0 Å². The quantitative estimate of drug-likeness (QED) is 0.411. The van der Waals surface area contributed by atoms with Gasteiger partial charge in [0.25, 0.3) is 0 Å². The Balaban J connectivity index is 1.77. The molecule has 0 bridgehead atoms. The van der Waals surface area contributed by atoms with E-state index < -0.39 is 0 Å². The highest BCUT2D eigenvalue weighted by Crippen LogP contribution is 2.31. The van der Waals surface area contributed by atoms with Crippen LogP contribution in [-0.4, -0.2) is 5.11 Å². The molecule has 4 rings (SSSR count). The molecule has 0 radical (unpaired) electrons. The number of hydrogen-bond donors (Lipinski definition) is 3. The van der Waals surface area contributed by atoms with Crippen molar-refractivity contribution in [1.82, 2.24) is 5.32 Å². The van der Waals surface area contributed by atoms with Gasteiger partial charge in [0.05, 0.1) is 10.0 Å². The fourth-order valence-corrected chi connectivity index (χ4v) is 4.47. The van der Waals surface area contributed by atoms with Gasteiger partial charge in [-0.25, -0.2) is 4.39 Å². The third-order valence-electron chi connectivity index (χ3n) is 5.38. The number of halogens is 3. The molecule has 1 aliphatic rings. The second kappa shape index (κ2) is 8.92. The van der Waals surface area contributed by atoms with Gasteiger partial charge in [0.15, 0.2) is 6.17 Å². The van der Waals surface area contributed by atoms with Crippen molar-refractivity contribution < 1.29 is 14.8 Å². The van der Waals surface area contributed by atoms with Crippen LogP contribution in [0, 0.1) is 5.82 Å². The fourth-order valence-electron chi connectivity index (χ4n) is 3.69. The SMILES string of the molecule is CCc1ccc(C2=CC(c3cc(Br)ccc3O)[NH2+]C(c3ccc(F)c(Br)c3)N2)cc1. The minimum Gasteiger partial charge on any atom is -0.507 e. The van der Waals surface area contributed by atoms with E-state index in [0.29, 0.717) is 4.47 Å². The molecule has 30 heavy (non-hydrogen) atoms. The summed E-state index contributed by atoms with van der Waals surface area (Å²) >= 11 is 6.80. The van der Waals surface area contributed by atoms with E-state index in [2.05, 4.69) is 79.8 Å². The Bertz CT molecular complexity index is 1100. The molecule has 4 N–H and O–H groups in total. The summed E-state index contributed by atoms with van der Waals surface area (Å²) in [6.07, 6.45) is 2.97. The summed E-state index contributed by atoms with van der Waals surface area (Å²) in [5.74, 6) is -0.0426. The molecule has 2 unspecified atom stereocenters. The molecule has 0 fully saturated rings. The van der Waals surface area contributed by atoms with Gasteiger partial charge in [0.1, 0.15) is 17.6 Å². The van der Waals surface area contributed by atoms with Gasteiger partial charge in [0.2, 0.25) is 0 Å². The standard InChI is InChI=1S/C24H21Br2FN2O/c1-2-14-3-5-15(6-4-14)21-13-22(18-12-17(25)8-10-23(18)30)29-24(28-21)16-7-9-20(27)19(26)11-16/h3-13,22,24,28-30H,2H2,1H3/p+1. The highest BCUT2D eigenvalue weighted by atomic mass is 79.9. The third-order valence-corrected chi connectivity index (χ3v) is 6.48. The first-order valence-electron chi connectivity index (χ1n) is 9.80. The minimum atomic E-state index is -0.290. The van der Waals surface area contributed by atoms with Gasteiger partial charge in [-0.05, 0) is 69.9 Å². The number of rotatable bonds is 4. The van der Waals surface area contributed by atoms with Crippen molar-refractivity contribution in [2.75, 3.05) is 0 Å². The van der Waals surface area contributed by atoms with E-state index in [1.165, 1.54) is 11.6 Å². The Morgan fingerprint density at radius 2 is 1.80 bits per heavy atom. The van der Waals surface area contributed by atoms with Crippen LogP contribution in [0.3, 0.4) is 0 Å². The molecule has 0 saturated heterocycles. The average molecular weight is 533 g/mol. The molecule has 3 aromatic rings. The molecule has 0 aromatic heterocycles. The van der Waals surface area contributed by atoms with Crippen molar-refractivity contribution in [1.29, 1.82) is 0 Å². The maximum absolute atomic E-state index is 13.8. The number of aromatic hydroxyl groups is 1. The van der Waals surface area contributed by atoms with Gasteiger partial charge < -0.3 is 15.7 Å². The first-order valence-corrected chi connectivity index (χ1v) is 11.4. The van der Waals surface area contributed by atoms with E-state index in [9.17, 15) is 9.50 Å². The van der Waals surface area contributed by atoms with E-state index in [4.69, 9.17) is 0 Å². The van der Waals surface area contributed by atoms with Crippen molar-refractivity contribution in [3.8, 4) is 5.75 Å². The molecule has 6 heteroatoms. The number of quaternary nitrogens is 1. The molecule has 0 aliphatic carbocycles. The van der Waals surface area contributed by atoms with Crippen LogP contribution in [-0.2, 0) is 6.42 Å². The normalized spacial score (nSPS) is 18.6. The summed E-state index contributed by atoms with van der Waals surface area (Å²) < 4.78 is 15.1. The van der Waals surface area contributed by atoms with Crippen LogP contribution in [0.5, 0.6) is 5.75 Å². The number of aryl methyl sites for hydroxylation is 1. The van der Waals surface area contributed by atoms with Crippen LogP contribution in [0.2, 0.25) is 0 Å². The third kappa shape index (κ3) is 4.46. The van der Waals surface area contributed by atoms with Crippen LogP contribution in [0.25, 0.3) is 5.70 Å². The first kappa shape index (κ1) is 21.1. The molecule has 3 aromatic carbocycles.